The van der Waals surface area contributed by atoms with Crippen molar-refractivity contribution >= 4 is 23.2 Å². The van der Waals surface area contributed by atoms with Gasteiger partial charge in [0.2, 0.25) is 5.91 Å². The normalized spacial score (nSPS) is 15.4. The zero-order valence-corrected chi connectivity index (χ0v) is 18.2. The second-order valence-corrected chi connectivity index (χ2v) is 7.40. The summed E-state index contributed by atoms with van der Waals surface area (Å²) in [5.41, 5.74) is 1.90. The van der Waals surface area contributed by atoms with Crippen molar-refractivity contribution in [2.45, 2.75) is 32.8 Å². The predicted octanol–water partition coefficient (Wildman–Crippen LogP) is 3.78. The van der Waals surface area contributed by atoms with Crippen LogP contribution in [0.2, 0.25) is 0 Å². The maximum absolute atomic E-state index is 12.5. The van der Waals surface area contributed by atoms with Gasteiger partial charge in [-0.2, -0.15) is 0 Å². The standard InChI is InChI=1S/C24H31N3O4/c1-3-27(4-2)24(29)18-9-7-10-19(15-18)26-23(28)16-25-21-12-5-6-13-22(21)31-17-20-11-8-14-30-20/h5-7,9-10,12-13,15,20,25H,3-4,8,11,14,16-17H2,1-2H3,(H,26,28). The van der Waals surface area contributed by atoms with E-state index < -0.39 is 0 Å². The summed E-state index contributed by atoms with van der Waals surface area (Å²) in [4.78, 5) is 26.7. The summed E-state index contributed by atoms with van der Waals surface area (Å²) >= 11 is 0. The molecule has 1 unspecified atom stereocenters. The fourth-order valence-corrected chi connectivity index (χ4v) is 3.50. The van der Waals surface area contributed by atoms with E-state index in [1.54, 1.807) is 29.2 Å². The van der Waals surface area contributed by atoms with Crippen molar-refractivity contribution in [1.29, 1.82) is 0 Å². The Morgan fingerprint density at radius 1 is 1.13 bits per heavy atom. The van der Waals surface area contributed by atoms with Gasteiger partial charge in [0, 0.05) is 30.9 Å². The van der Waals surface area contributed by atoms with E-state index >= 15 is 0 Å². The molecule has 0 bridgehead atoms. The van der Waals surface area contributed by atoms with Gasteiger partial charge in [-0.3, -0.25) is 9.59 Å². The van der Waals surface area contributed by atoms with Gasteiger partial charge in [-0.1, -0.05) is 18.2 Å². The first-order chi connectivity index (χ1) is 15.1. The number of nitrogens with one attached hydrogen (secondary N) is 2. The number of ether oxygens (including phenoxy) is 2. The summed E-state index contributed by atoms with van der Waals surface area (Å²) in [6, 6.07) is 14.5. The molecule has 0 aliphatic carbocycles. The number of carbonyl (C=O) groups excluding carboxylic acids is 2. The topological polar surface area (TPSA) is 79.9 Å². The number of para-hydroxylation sites is 2. The van der Waals surface area contributed by atoms with Gasteiger partial charge in [0.05, 0.1) is 18.3 Å². The number of nitrogens with zero attached hydrogens (tertiary/aromatic N) is 1. The van der Waals surface area contributed by atoms with Gasteiger partial charge in [-0.25, -0.2) is 0 Å². The lowest BCUT2D eigenvalue weighted by molar-refractivity contribution is -0.114. The molecule has 2 amide bonds. The van der Waals surface area contributed by atoms with Crippen LogP contribution in [-0.4, -0.2) is 55.7 Å². The fourth-order valence-electron chi connectivity index (χ4n) is 3.50. The lowest BCUT2D eigenvalue weighted by Gasteiger charge is -2.19. The minimum Gasteiger partial charge on any atom is -0.489 e. The van der Waals surface area contributed by atoms with Crippen molar-refractivity contribution in [3.63, 3.8) is 0 Å². The van der Waals surface area contributed by atoms with E-state index in [2.05, 4.69) is 10.6 Å². The minimum atomic E-state index is -0.207. The Kier molecular flexibility index (Phi) is 8.29. The molecule has 0 aromatic heterocycles. The summed E-state index contributed by atoms with van der Waals surface area (Å²) in [5, 5.41) is 5.98. The number of benzene rings is 2. The third kappa shape index (κ3) is 6.46. The zero-order valence-electron chi connectivity index (χ0n) is 18.2. The van der Waals surface area contributed by atoms with Crippen LogP contribution in [0.5, 0.6) is 5.75 Å². The number of anilines is 2. The van der Waals surface area contributed by atoms with Crippen LogP contribution in [-0.2, 0) is 9.53 Å². The van der Waals surface area contributed by atoms with Crippen molar-refractivity contribution < 1.29 is 19.1 Å². The molecule has 2 aromatic rings. The molecule has 0 saturated carbocycles. The van der Waals surface area contributed by atoms with E-state index in [-0.39, 0.29) is 24.5 Å². The van der Waals surface area contributed by atoms with E-state index in [1.807, 2.05) is 38.1 Å². The number of carbonyl (C=O) groups is 2. The molecule has 7 heteroatoms. The number of hydrogen-bond donors (Lipinski definition) is 2. The molecule has 31 heavy (non-hydrogen) atoms. The average molecular weight is 426 g/mol. The molecular weight excluding hydrogens is 394 g/mol. The highest BCUT2D eigenvalue weighted by atomic mass is 16.5. The van der Waals surface area contributed by atoms with Crippen LogP contribution in [0.15, 0.2) is 48.5 Å². The summed E-state index contributed by atoms with van der Waals surface area (Å²) < 4.78 is 11.5. The molecule has 0 spiro atoms. The maximum Gasteiger partial charge on any atom is 0.253 e. The molecular formula is C24H31N3O4. The van der Waals surface area contributed by atoms with E-state index in [0.29, 0.717) is 36.7 Å². The monoisotopic (exact) mass is 425 g/mol. The second-order valence-electron chi connectivity index (χ2n) is 7.40. The Labute approximate surface area is 183 Å². The Morgan fingerprint density at radius 2 is 1.94 bits per heavy atom. The molecule has 2 N–H and O–H groups in total. The molecule has 1 aliphatic rings. The zero-order chi connectivity index (χ0) is 22.1. The minimum absolute atomic E-state index is 0.0449. The van der Waals surface area contributed by atoms with Crippen LogP contribution in [0.4, 0.5) is 11.4 Å². The van der Waals surface area contributed by atoms with Crippen molar-refractivity contribution in [3.8, 4) is 5.75 Å². The molecule has 1 atom stereocenters. The van der Waals surface area contributed by atoms with Crippen molar-refractivity contribution in [2.75, 3.05) is 43.5 Å². The first kappa shape index (κ1) is 22.6. The maximum atomic E-state index is 12.5. The van der Waals surface area contributed by atoms with Crippen molar-refractivity contribution in [3.05, 3.63) is 54.1 Å². The molecule has 1 heterocycles. The molecule has 1 aliphatic heterocycles. The molecule has 0 radical (unpaired) electrons. The van der Waals surface area contributed by atoms with Crippen LogP contribution in [0, 0.1) is 0 Å². The number of rotatable bonds is 10. The van der Waals surface area contributed by atoms with Crippen LogP contribution < -0.4 is 15.4 Å². The third-order valence-corrected chi connectivity index (χ3v) is 5.22. The first-order valence-electron chi connectivity index (χ1n) is 10.9. The second kappa shape index (κ2) is 11.4. The SMILES string of the molecule is CCN(CC)C(=O)c1cccc(NC(=O)CNc2ccccc2OCC2CCCO2)c1. The lowest BCUT2D eigenvalue weighted by atomic mass is 10.1. The highest BCUT2D eigenvalue weighted by Gasteiger charge is 2.17. The van der Waals surface area contributed by atoms with Crippen LogP contribution in [0.1, 0.15) is 37.0 Å². The van der Waals surface area contributed by atoms with Gasteiger partial charge < -0.3 is 25.0 Å². The molecule has 7 nitrogen and oxygen atoms in total. The Bertz CT molecular complexity index is 877. The van der Waals surface area contributed by atoms with Gasteiger partial charge >= 0.3 is 0 Å². The summed E-state index contributed by atoms with van der Waals surface area (Å²) in [6.07, 6.45) is 2.20. The highest BCUT2D eigenvalue weighted by molar-refractivity contribution is 5.98. The first-order valence-corrected chi connectivity index (χ1v) is 10.9. The highest BCUT2D eigenvalue weighted by Crippen LogP contribution is 2.25. The summed E-state index contributed by atoms with van der Waals surface area (Å²) in [7, 11) is 0. The molecule has 166 valence electrons. The number of amides is 2. The summed E-state index contributed by atoms with van der Waals surface area (Å²) in [5.74, 6) is 0.440. The smallest absolute Gasteiger partial charge is 0.253 e. The number of hydrogen-bond acceptors (Lipinski definition) is 5. The Balaban J connectivity index is 1.55. The van der Waals surface area contributed by atoms with Crippen LogP contribution in [0.3, 0.4) is 0 Å². The van der Waals surface area contributed by atoms with E-state index in [0.717, 1.165) is 25.1 Å². The fraction of sp³-hybridized carbons (Fsp3) is 0.417. The van der Waals surface area contributed by atoms with Gasteiger partial charge in [0.1, 0.15) is 12.4 Å². The Morgan fingerprint density at radius 3 is 2.68 bits per heavy atom. The Hall–Kier alpha value is -3.06. The van der Waals surface area contributed by atoms with Gasteiger partial charge in [0.25, 0.3) is 5.91 Å². The van der Waals surface area contributed by atoms with Gasteiger partial charge in [0.15, 0.2) is 0 Å². The lowest BCUT2D eigenvalue weighted by Crippen LogP contribution is -2.30. The van der Waals surface area contributed by atoms with E-state index in [9.17, 15) is 9.59 Å². The average Bonchev–Trinajstić information content (AvgIpc) is 3.31. The molecule has 1 saturated heterocycles. The van der Waals surface area contributed by atoms with Crippen LogP contribution >= 0.6 is 0 Å². The third-order valence-electron chi connectivity index (χ3n) is 5.22. The van der Waals surface area contributed by atoms with Gasteiger partial charge in [-0.15, -0.1) is 0 Å². The van der Waals surface area contributed by atoms with E-state index in [4.69, 9.17) is 9.47 Å². The van der Waals surface area contributed by atoms with E-state index in [1.165, 1.54) is 0 Å². The quantitative estimate of drug-likeness (QED) is 0.606. The largest absolute Gasteiger partial charge is 0.489 e. The van der Waals surface area contributed by atoms with Crippen molar-refractivity contribution in [2.24, 2.45) is 0 Å². The van der Waals surface area contributed by atoms with Crippen LogP contribution in [0.25, 0.3) is 0 Å². The van der Waals surface area contributed by atoms with Crippen molar-refractivity contribution in [1.82, 2.24) is 4.90 Å². The molecule has 1 fully saturated rings. The molecule has 2 aromatic carbocycles. The predicted molar refractivity (Wildman–Crippen MR) is 122 cm³/mol. The summed E-state index contributed by atoms with van der Waals surface area (Å²) in [6.45, 7) is 6.54. The molecule has 3 rings (SSSR count). The van der Waals surface area contributed by atoms with Gasteiger partial charge in [-0.05, 0) is 57.0 Å².